The summed E-state index contributed by atoms with van der Waals surface area (Å²) in [6.45, 7) is 0. The second-order valence-corrected chi connectivity index (χ2v) is 6.42. The summed E-state index contributed by atoms with van der Waals surface area (Å²) in [7, 11) is 0. The Hall–Kier alpha value is -2.52. The SMILES string of the molecule is O=S(O)Cc1ccc(-c2n[nH]c(C(F)(F)F)c2-c2ccc(F)cc2)cc1. The summed E-state index contributed by atoms with van der Waals surface area (Å²) in [6, 6.07) is 10.8. The molecule has 1 atom stereocenters. The summed E-state index contributed by atoms with van der Waals surface area (Å²) in [5.74, 6) is -0.645. The van der Waals surface area contributed by atoms with E-state index in [4.69, 9.17) is 4.55 Å². The van der Waals surface area contributed by atoms with Gasteiger partial charge in [-0.2, -0.15) is 18.3 Å². The third kappa shape index (κ3) is 3.83. The van der Waals surface area contributed by atoms with Crippen molar-refractivity contribution in [3.05, 3.63) is 65.6 Å². The molecule has 2 aromatic carbocycles. The van der Waals surface area contributed by atoms with Crippen LogP contribution in [0.5, 0.6) is 0 Å². The maximum absolute atomic E-state index is 13.3. The Morgan fingerprint density at radius 2 is 1.58 bits per heavy atom. The van der Waals surface area contributed by atoms with Gasteiger partial charge in [-0.15, -0.1) is 0 Å². The third-order valence-corrected chi connectivity index (χ3v) is 4.28. The Bertz CT molecular complexity index is 935. The van der Waals surface area contributed by atoms with E-state index in [1.165, 1.54) is 24.3 Å². The molecule has 3 aromatic rings. The van der Waals surface area contributed by atoms with Crippen LogP contribution in [0.15, 0.2) is 48.5 Å². The molecule has 4 nitrogen and oxygen atoms in total. The molecule has 0 radical (unpaired) electrons. The Morgan fingerprint density at radius 1 is 1.00 bits per heavy atom. The summed E-state index contributed by atoms with van der Waals surface area (Å²) >= 11 is -2.02. The summed E-state index contributed by atoms with van der Waals surface area (Å²) in [6.07, 6.45) is -4.66. The van der Waals surface area contributed by atoms with Crippen LogP contribution >= 0.6 is 0 Å². The zero-order chi connectivity index (χ0) is 18.9. The van der Waals surface area contributed by atoms with E-state index in [1.54, 1.807) is 12.1 Å². The number of alkyl halides is 3. The number of halogens is 4. The number of aromatic amines is 1. The maximum Gasteiger partial charge on any atom is 0.433 e. The molecule has 0 amide bonds. The van der Waals surface area contributed by atoms with E-state index in [1.807, 2.05) is 5.10 Å². The number of nitrogens with one attached hydrogen (secondary N) is 1. The highest BCUT2D eigenvalue weighted by Gasteiger charge is 2.38. The van der Waals surface area contributed by atoms with Gasteiger partial charge in [0, 0.05) is 11.1 Å². The van der Waals surface area contributed by atoms with Gasteiger partial charge in [-0.3, -0.25) is 5.10 Å². The fourth-order valence-electron chi connectivity index (χ4n) is 2.56. The van der Waals surface area contributed by atoms with Gasteiger partial charge in [-0.05, 0) is 23.3 Å². The average Bonchev–Trinajstić information content (AvgIpc) is 3.01. The quantitative estimate of drug-likeness (QED) is 0.509. The third-order valence-electron chi connectivity index (χ3n) is 3.70. The highest BCUT2D eigenvalue weighted by molar-refractivity contribution is 7.78. The molecule has 136 valence electrons. The number of aromatic nitrogens is 2. The Labute approximate surface area is 148 Å². The summed E-state index contributed by atoms with van der Waals surface area (Å²) in [5, 5.41) is 5.81. The van der Waals surface area contributed by atoms with Gasteiger partial charge in [-0.25, -0.2) is 8.60 Å². The fraction of sp³-hybridized carbons (Fsp3) is 0.118. The fourth-order valence-corrected chi connectivity index (χ4v) is 3.03. The van der Waals surface area contributed by atoms with Gasteiger partial charge in [0.05, 0.1) is 5.75 Å². The van der Waals surface area contributed by atoms with E-state index in [0.29, 0.717) is 11.1 Å². The monoisotopic (exact) mass is 384 g/mol. The largest absolute Gasteiger partial charge is 0.433 e. The van der Waals surface area contributed by atoms with Crippen LogP contribution in [0.2, 0.25) is 0 Å². The van der Waals surface area contributed by atoms with E-state index in [2.05, 4.69) is 5.10 Å². The maximum atomic E-state index is 13.3. The Morgan fingerprint density at radius 3 is 2.12 bits per heavy atom. The molecular weight excluding hydrogens is 372 g/mol. The van der Waals surface area contributed by atoms with Crippen LogP contribution in [0.1, 0.15) is 11.3 Å². The second kappa shape index (κ2) is 7.00. The molecule has 26 heavy (non-hydrogen) atoms. The van der Waals surface area contributed by atoms with Crippen molar-refractivity contribution in [2.75, 3.05) is 0 Å². The molecule has 9 heteroatoms. The molecule has 1 heterocycles. The van der Waals surface area contributed by atoms with Crippen molar-refractivity contribution in [1.82, 2.24) is 10.2 Å². The smallest absolute Gasteiger partial charge is 0.306 e. The predicted octanol–water partition coefficient (Wildman–Crippen LogP) is 4.62. The minimum Gasteiger partial charge on any atom is -0.306 e. The first-order valence-corrected chi connectivity index (χ1v) is 8.61. The standard InChI is InChI=1S/C17H12F4N2O2S/c18-13-7-5-11(6-8-13)14-15(22-23-16(14)17(19,20)21)12-3-1-10(2-4-12)9-26(24)25/h1-8H,9H2,(H,22,23)(H,24,25). The van der Waals surface area contributed by atoms with E-state index < -0.39 is 28.8 Å². The molecule has 0 aliphatic carbocycles. The topological polar surface area (TPSA) is 66.0 Å². The first-order valence-electron chi connectivity index (χ1n) is 7.34. The van der Waals surface area contributed by atoms with Crippen molar-refractivity contribution in [1.29, 1.82) is 0 Å². The van der Waals surface area contributed by atoms with Crippen LogP contribution in [-0.4, -0.2) is 19.0 Å². The molecule has 3 rings (SSSR count). The van der Waals surface area contributed by atoms with Crippen molar-refractivity contribution >= 4 is 11.1 Å². The van der Waals surface area contributed by atoms with E-state index in [9.17, 15) is 21.8 Å². The molecule has 0 saturated carbocycles. The lowest BCUT2D eigenvalue weighted by atomic mass is 9.98. The number of rotatable bonds is 4. The molecule has 0 fully saturated rings. The van der Waals surface area contributed by atoms with Crippen molar-refractivity contribution in [2.24, 2.45) is 0 Å². The molecule has 0 bridgehead atoms. The molecular formula is C17H12F4N2O2S. The molecule has 0 aliphatic heterocycles. The highest BCUT2D eigenvalue weighted by atomic mass is 32.2. The van der Waals surface area contributed by atoms with Crippen LogP contribution in [-0.2, 0) is 23.0 Å². The normalized spacial score (nSPS) is 13.0. The zero-order valence-electron chi connectivity index (χ0n) is 13.0. The number of hydrogen-bond acceptors (Lipinski definition) is 2. The molecule has 0 spiro atoms. The van der Waals surface area contributed by atoms with Crippen LogP contribution < -0.4 is 0 Å². The first kappa shape index (κ1) is 18.3. The van der Waals surface area contributed by atoms with Gasteiger partial charge < -0.3 is 4.55 Å². The lowest BCUT2D eigenvalue weighted by Crippen LogP contribution is -2.07. The predicted molar refractivity (Wildman–Crippen MR) is 88.9 cm³/mol. The van der Waals surface area contributed by atoms with Gasteiger partial charge in [0.15, 0.2) is 11.1 Å². The van der Waals surface area contributed by atoms with Crippen molar-refractivity contribution in [3.8, 4) is 22.4 Å². The molecule has 1 aromatic heterocycles. The molecule has 1 unspecified atom stereocenters. The highest BCUT2D eigenvalue weighted by Crippen LogP contribution is 2.41. The van der Waals surface area contributed by atoms with E-state index >= 15 is 0 Å². The van der Waals surface area contributed by atoms with Gasteiger partial charge >= 0.3 is 6.18 Å². The van der Waals surface area contributed by atoms with Crippen molar-refractivity contribution in [2.45, 2.75) is 11.9 Å². The van der Waals surface area contributed by atoms with Crippen molar-refractivity contribution in [3.63, 3.8) is 0 Å². The summed E-state index contributed by atoms with van der Waals surface area (Å²) < 4.78 is 72.9. The number of benzene rings is 2. The minimum absolute atomic E-state index is 0.0561. The summed E-state index contributed by atoms with van der Waals surface area (Å²) in [4.78, 5) is 0. The van der Waals surface area contributed by atoms with Crippen LogP contribution in [0.3, 0.4) is 0 Å². The molecule has 0 saturated heterocycles. The van der Waals surface area contributed by atoms with Crippen LogP contribution in [0.4, 0.5) is 17.6 Å². The average molecular weight is 384 g/mol. The number of hydrogen-bond donors (Lipinski definition) is 2. The first-order chi connectivity index (χ1) is 12.3. The minimum atomic E-state index is -4.66. The lowest BCUT2D eigenvalue weighted by Gasteiger charge is -2.09. The summed E-state index contributed by atoms with van der Waals surface area (Å²) in [5.41, 5.74) is -0.0349. The number of H-pyrrole nitrogens is 1. The second-order valence-electron chi connectivity index (χ2n) is 5.49. The van der Waals surface area contributed by atoms with Gasteiger partial charge in [0.2, 0.25) is 0 Å². The van der Waals surface area contributed by atoms with Crippen molar-refractivity contribution < 1.29 is 26.3 Å². The number of nitrogens with zero attached hydrogens (tertiary/aromatic N) is 1. The van der Waals surface area contributed by atoms with Crippen LogP contribution in [0.25, 0.3) is 22.4 Å². The molecule has 2 N–H and O–H groups in total. The molecule has 0 aliphatic rings. The Kier molecular flexibility index (Phi) is 4.92. The van der Waals surface area contributed by atoms with Gasteiger partial charge in [0.25, 0.3) is 0 Å². The van der Waals surface area contributed by atoms with E-state index in [-0.39, 0.29) is 22.6 Å². The van der Waals surface area contributed by atoms with E-state index in [0.717, 1.165) is 12.1 Å². The zero-order valence-corrected chi connectivity index (χ0v) is 13.9. The Balaban J connectivity index is 2.11. The van der Waals surface area contributed by atoms with Gasteiger partial charge in [0.1, 0.15) is 17.2 Å². The lowest BCUT2D eigenvalue weighted by molar-refractivity contribution is -0.140. The van der Waals surface area contributed by atoms with Gasteiger partial charge in [-0.1, -0.05) is 36.4 Å². The van der Waals surface area contributed by atoms with Crippen LogP contribution in [0, 0.1) is 5.82 Å².